The predicted octanol–water partition coefficient (Wildman–Crippen LogP) is 2.85. The van der Waals surface area contributed by atoms with E-state index in [1.807, 2.05) is 0 Å². The van der Waals surface area contributed by atoms with Crippen molar-refractivity contribution in [1.29, 1.82) is 0 Å². The zero-order valence-electron chi connectivity index (χ0n) is 33.1. The Balaban J connectivity index is 1.48. The average molecular weight is 798 g/mol. The van der Waals surface area contributed by atoms with E-state index in [2.05, 4.69) is 5.32 Å². The van der Waals surface area contributed by atoms with Crippen LogP contribution in [0, 0.1) is 16.7 Å². The standard InChI is InChI=1S/C41H51NO15/c1-20-24(54-35(49)30(46)28(23-15-12-16-52-23)42-36(50)57-37(3,4)5)18-41(51)33(55-34(48)22-13-10-9-11-14-22)31-39(8,32(47)29(45)27(20)38(41,6)7)25(44)17-26-40(31,19-53-26)56-21(2)43/h9-16,24-26,28-31,33,44-46,51H,17-19H2,1-8H3,(H,42,50)/t24-,25-,26+,28-,29+,30+,31-,33-,39+,40-,41+/m0/s1. The molecule has 310 valence electrons. The van der Waals surface area contributed by atoms with Crippen LogP contribution < -0.4 is 5.32 Å². The van der Waals surface area contributed by atoms with E-state index in [-0.39, 0.29) is 35.5 Å². The van der Waals surface area contributed by atoms with E-state index in [1.165, 1.54) is 58.2 Å². The molecule has 0 unspecified atom stereocenters. The number of furan rings is 1. The maximum atomic E-state index is 14.9. The molecule has 11 atom stereocenters. The second-order valence-electron chi connectivity index (χ2n) is 17.2. The summed E-state index contributed by atoms with van der Waals surface area (Å²) in [5, 5.41) is 51.2. The van der Waals surface area contributed by atoms with Gasteiger partial charge in [0.05, 0.1) is 35.9 Å². The van der Waals surface area contributed by atoms with Crippen LogP contribution in [-0.4, -0.2) is 110 Å². The molecular formula is C41H51NO15. The number of aliphatic hydroxyl groups is 4. The second-order valence-corrected chi connectivity index (χ2v) is 17.2. The number of carbonyl (C=O) groups is 5. The quantitative estimate of drug-likeness (QED) is 0.147. The smallest absolute Gasteiger partial charge is 0.408 e. The zero-order valence-corrected chi connectivity index (χ0v) is 33.1. The summed E-state index contributed by atoms with van der Waals surface area (Å²) < 4.78 is 34.7. The van der Waals surface area contributed by atoms with Crippen LogP contribution in [0.15, 0.2) is 64.3 Å². The van der Waals surface area contributed by atoms with Gasteiger partial charge in [-0.2, -0.15) is 0 Å². The molecule has 1 aromatic heterocycles. The van der Waals surface area contributed by atoms with Crippen molar-refractivity contribution in [3.05, 3.63) is 71.2 Å². The van der Waals surface area contributed by atoms with Gasteiger partial charge in [-0.3, -0.25) is 9.59 Å². The lowest BCUT2D eigenvalue weighted by molar-refractivity contribution is -0.346. The molecule has 1 aliphatic heterocycles. The van der Waals surface area contributed by atoms with Gasteiger partial charge in [-0.05, 0) is 70.0 Å². The fourth-order valence-electron chi connectivity index (χ4n) is 9.33. The zero-order chi connectivity index (χ0) is 42.0. The summed E-state index contributed by atoms with van der Waals surface area (Å²) in [6, 6.07) is 9.19. The van der Waals surface area contributed by atoms with Gasteiger partial charge >= 0.3 is 24.0 Å². The van der Waals surface area contributed by atoms with Crippen molar-refractivity contribution >= 4 is 29.8 Å². The van der Waals surface area contributed by atoms with Crippen molar-refractivity contribution in [3.8, 4) is 0 Å². The van der Waals surface area contributed by atoms with E-state index in [4.69, 9.17) is 28.1 Å². The number of ether oxygens (including phenoxy) is 5. The molecule has 0 radical (unpaired) electrons. The number of nitrogens with one attached hydrogen (secondary N) is 1. The number of alkyl carbamates (subject to hydrolysis) is 1. The number of amides is 1. The highest BCUT2D eigenvalue weighted by molar-refractivity contribution is 5.94. The molecule has 2 bridgehead atoms. The van der Waals surface area contributed by atoms with Crippen LogP contribution in [0.4, 0.5) is 4.79 Å². The van der Waals surface area contributed by atoms with Crippen LogP contribution in [-0.2, 0) is 38.1 Å². The van der Waals surface area contributed by atoms with Gasteiger partial charge < -0.3 is 53.8 Å². The van der Waals surface area contributed by atoms with Crippen molar-refractivity contribution in [1.82, 2.24) is 5.32 Å². The number of fused-ring (bicyclic) bond motifs is 5. The van der Waals surface area contributed by atoms with E-state index >= 15 is 0 Å². The maximum absolute atomic E-state index is 14.9. The summed E-state index contributed by atoms with van der Waals surface area (Å²) in [6.45, 7) is 11.7. The Bertz CT molecular complexity index is 1940. The molecular weight excluding hydrogens is 746 g/mol. The van der Waals surface area contributed by atoms with Gasteiger partial charge in [-0.1, -0.05) is 32.0 Å². The van der Waals surface area contributed by atoms with E-state index < -0.39 is 112 Å². The summed E-state index contributed by atoms with van der Waals surface area (Å²) in [6.07, 6.45) is -10.4. The Morgan fingerprint density at radius 1 is 1.00 bits per heavy atom. The average Bonchev–Trinajstić information content (AvgIpc) is 3.66. The molecule has 2 saturated carbocycles. The summed E-state index contributed by atoms with van der Waals surface area (Å²) in [7, 11) is 0. The lowest BCUT2D eigenvalue weighted by Gasteiger charge is -2.67. The Labute approximate surface area is 329 Å². The van der Waals surface area contributed by atoms with Crippen molar-refractivity contribution in [2.75, 3.05) is 6.61 Å². The van der Waals surface area contributed by atoms with E-state index in [0.717, 1.165) is 6.92 Å². The minimum atomic E-state index is -2.37. The maximum Gasteiger partial charge on any atom is 0.408 e. The Morgan fingerprint density at radius 3 is 2.23 bits per heavy atom. The largest absolute Gasteiger partial charge is 0.467 e. The molecule has 57 heavy (non-hydrogen) atoms. The first-order chi connectivity index (χ1) is 26.5. The number of rotatable bonds is 8. The van der Waals surface area contributed by atoms with Crippen LogP contribution in [0.5, 0.6) is 0 Å². The molecule has 16 nitrogen and oxygen atoms in total. The molecule has 2 heterocycles. The first kappa shape index (κ1) is 42.0. The van der Waals surface area contributed by atoms with Crippen LogP contribution >= 0.6 is 0 Å². The highest BCUT2D eigenvalue weighted by Crippen LogP contribution is 2.64. The number of hydrogen-bond acceptors (Lipinski definition) is 15. The topological polar surface area (TPSA) is 238 Å². The molecule has 2 aromatic rings. The third-order valence-electron chi connectivity index (χ3n) is 12.3. The van der Waals surface area contributed by atoms with Crippen molar-refractivity contribution in [2.45, 2.75) is 128 Å². The number of carbonyl (C=O) groups excluding carboxylic acids is 5. The minimum Gasteiger partial charge on any atom is -0.467 e. The van der Waals surface area contributed by atoms with Gasteiger partial charge in [0.15, 0.2) is 17.5 Å². The van der Waals surface area contributed by atoms with Crippen LogP contribution in [0.3, 0.4) is 0 Å². The molecule has 1 amide bonds. The van der Waals surface area contributed by atoms with Gasteiger partial charge in [0.2, 0.25) is 0 Å². The first-order valence-electron chi connectivity index (χ1n) is 18.8. The molecule has 5 N–H and O–H groups in total. The van der Waals surface area contributed by atoms with Crippen molar-refractivity contribution < 1.29 is 72.5 Å². The molecule has 16 heteroatoms. The van der Waals surface area contributed by atoms with Crippen LogP contribution in [0.25, 0.3) is 0 Å². The van der Waals surface area contributed by atoms with Gasteiger partial charge in [0.1, 0.15) is 47.4 Å². The van der Waals surface area contributed by atoms with E-state index in [1.54, 1.807) is 39.0 Å². The van der Waals surface area contributed by atoms with Gasteiger partial charge in [-0.25, -0.2) is 14.4 Å². The van der Waals surface area contributed by atoms with Gasteiger partial charge in [0, 0.05) is 25.2 Å². The number of hydrogen-bond donors (Lipinski definition) is 5. The molecule has 6 rings (SSSR count). The Hall–Kier alpha value is -4.61. The SMILES string of the molecule is CC(=O)O[C@@]12CO[C@@H]1C[C@H](O)[C@@]1(C)C(=O)[C@H](O)C3=C(C)[C@@H](OC(=O)[C@H](O)[C@@H](NC(=O)OC(C)(C)C)c4ccco4)C[C@@](O)([C@@H](OC(=O)c4ccccc4)[C@H]21)C3(C)C. The molecule has 4 aliphatic rings. The lowest BCUT2D eigenvalue weighted by atomic mass is 9.44. The minimum absolute atomic E-state index is 0.0222. The third-order valence-corrected chi connectivity index (χ3v) is 12.3. The first-order valence-corrected chi connectivity index (χ1v) is 18.8. The predicted molar refractivity (Wildman–Crippen MR) is 196 cm³/mol. The fraction of sp³-hybridized carbons (Fsp3) is 0.585. The van der Waals surface area contributed by atoms with Crippen molar-refractivity contribution in [2.24, 2.45) is 16.7 Å². The number of esters is 3. The summed E-state index contributed by atoms with van der Waals surface area (Å²) in [5.41, 5.74) is -8.57. The lowest BCUT2D eigenvalue weighted by Crippen LogP contribution is -2.81. The van der Waals surface area contributed by atoms with Crippen LogP contribution in [0.2, 0.25) is 0 Å². The van der Waals surface area contributed by atoms with E-state index in [0.29, 0.717) is 0 Å². The highest BCUT2D eigenvalue weighted by atomic mass is 16.6. The monoisotopic (exact) mass is 797 g/mol. The number of Topliss-reactive ketones (excluding diaryl/α,β-unsaturated/α-hetero) is 1. The van der Waals surface area contributed by atoms with Crippen LogP contribution in [0.1, 0.15) is 90.4 Å². The van der Waals surface area contributed by atoms with Gasteiger partial charge in [0.25, 0.3) is 0 Å². The highest BCUT2D eigenvalue weighted by Gasteiger charge is 2.78. The normalized spacial score (nSPS) is 34.1. The third kappa shape index (κ3) is 6.94. The van der Waals surface area contributed by atoms with Crippen molar-refractivity contribution in [3.63, 3.8) is 0 Å². The Kier molecular flexibility index (Phi) is 10.8. The molecule has 0 spiro atoms. The number of ketones is 1. The summed E-state index contributed by atoms with van der Waals surface area (Å²) in [5.74, 6) is -5.47. The van der Waals surface area contributed by atoms with E-state index in [9.17, 15) is 44.4 Å². The number of aliphatic hydroxyl groups excluding tert-OH is 3. The summed E-state index contributed by atoms with van der Waals surface area (Å²) >= 11 is 0. The molecule has 3 aliphatic carbocycles. The molecule has 1 saturated heterocycles. The van der Waals surface area contributed by atoms with Gasteiger partial charge in [-0.15, -0.1) is 0 Å². The molecule has 3 fully saturated rings. The number of benzene rings is 1. The second kappa shape index (κ2) is 14.6. The summed E-state index contributed by atoms with van der Waals surface area (Å²) in [4.78, 5) is 68.6. The Morgan fingerprint density at radius 2 is 1.67 bits per heavy atom. The molecule has 1 aromatic carbocycles. The fourth-order valence-corrected chi connectivity index (χ4v) is 9.33.